The first-order valence-corrected chi connectivity index (χ1v) is 31.4. The third-order valence-electron chi connectivity index (χ3n) is 17.3. The number of rotatable bonds is 23. The van der Waals surface area contributed by atoms with Crippen LogP contribution >= 0.6 is 23.5 Å². The van der Waals surface area contributed by atoms with Crippen LogP contribution < -0.4 is 41.5 Å². The normalized spacial score (nSPS) is 27.0. The number of esters is 1. The summed E-state index contributed by atoms with van der Waals surface area (Å²) in [5.74, 6) is -10.9. The van der Waals surface area contributed by atoms with Crippen molar-refractivity contribution < 1.29 is 62.5 Å². The van der Waals surface area contributed by atoms with Crippen LogP contribution in [-0.4, -0.2) is 153 Å². The first kappa shape index (κ1) is 68.4. The van der Waals surface area contributed by atoms with Crippen LogP contribution in [0.5, 0.6) is 0 Å². The van der Waals surface area contributed by atoms with E-state index in [1.54, 1.807) is 94.4 Å². The molecule has 4 fully saturated rings. The zero-order chi connectivity index (χ0) is 65.8. The summed E-state index contributed by atoms with van der Waals surface area (Å²) >= 11 is 7.31. The maximum Gasteiger partial charge on any atom is 0.329 e. The van der Waals surface area contributed by atoms with Gasteiger partial charge in [-0.05, 0) is 98.6 Å². The Morgan fingerprint density at radius 2 is 1.47 bits per heavy atom. The lowest BCUT2D eigenvalue weighted by Crippen LogP contribution is -2.62. The summed E-state index contributed by atoms with van der Waals surface area (Å²) in [5, 5.41) is 40.7. The molecule has 29 heteroatoms. The molecule has 0 spiro atoms. The smallest absolute Gasteiger partial charge is 0.329 e. The van der Waals surface area contributed by atoms with Crippen molar-refractivity contribution in [3.8, 4) is 0 Å². The van der Waals surface area contributed by atoms with E-state index in [1.807, 2.05) is 13.0 Å². The highest BCUT2D eigenvalue weighted by Crippen LogP contribution is 2.39. The Bertz CT molecular complexity index is 3350. The summed E-state index contributed by atoms with van der Waals surface area (Å²) in [5.41, 5.74) is 0.738. The number of hydrogen-bond acceptors (Lipinski definition) is 18. The number of carbonyl (C=O) groups is 8. The third-order valence-corrected chi connectivity index (χ3v) is 18.5. The van der Waals surface area contributed by atoms with Crippen molar-refractivity contribution in [3.63, 3.8) is 0 Å². The Morgan fingerprint density at radius 1 is 0.835 bits per heavy atom. The molecule has 4 aliphatic rings. The molecule has 91 heavy (non-hydrogen) atoms. The fraction of sp³-hybridized carbons (Fsp3) is 0.500. The van der Waals surface area contributed by atoms with Crippen LogP contribution in [0.25, 0.3) is 0 Å². The molecule has 2 saturated heterocycles. The molecule has 4 heterocycles. The van der Waals surface area contributed by atoms with Crippen molar-refractivity contribution in [2.75, 3.05) is 20.4 Å². The van der Waals surface area contributed by atoms with Gasteiger partial charge in [-0.25, -0.2) is 9.78 Å². The van der Waals surface area contributed by atoms with Crippen molar-refractivity contribution >= 4 is 76.6 Å². The lowest BCUT2D eigenvalue weighted by Gasteiger charge is -2.34. The van der Waals surface area contributed by atoms with Crippen LogP contribution in [-0.2, 0) is 43.0 Å². The molecule has 2 saturated carbocycles. The van der Waals surface area contributed by atoms with Crippen molar-refractivity contribution in [2.45, 2.75) is 157 Å². The number of methoxy groups -OCH3 is 1. The number of allylic oxidation sites excluding steroid dienone is 1. The predicted octanol–water partition coefficient (Wildman–Crippen LogP) is 4.52. The van der Waals surface area contributed by atoms with Gasteiger partial charge in [0.1, 0.15) is 59.2 Å². The second-order valence-corrected chi connectivity index (χ2v) is 24.8. The number of fused-ring (bicyclic) bond motifs is 1. The van der Waals surface area contributed by atoms with E-state index in [4.69, 9.17) is 25.9 Å². The number of nitro groups is 2. The molecule has 2 aromatic carbocycles. The molecule has 0 radical (unpaired) electrons. The fourth-order valence-corrected chi connectivity index (χ4v) is 12.7. The first-order valence-electron chi connectivity index (χ1n) is 30.2. The highest BCUT2D eigenvalue weighted by atomic mass is 35.5. The maximum atomic E-state index is 15.5. The van der Waals surface area contributed by atoms with Crippen molar-refractivity contribution in [3.05, 3.63) is 145 Å². The zero-order valence-electron chi connectivity index (χ0n) is 51.4. The number of ether oxygens (including phenoxy) is 2. The lowest BCUT2D eigenvalue weighted by molar-refractivity contribution is -0.498. The van der Waals surface area contributed by atoms with Gasteiger partial charge in [-0.1, -0.05) is 119 Å². The highest BCUT2D eigenvalue weighted by Gasteiger charge is 2.52. The monoisotopic (exact) mass is 1300 g/mol. The number of amides is 7. The molecule has 27 nitrogen and oxygen atoms in total. The molecular weight excluding hydrogens is 1220 g/mol. The highest BCUT2D eigenvalue weighted by molar-refractivity contribution is 7.97. The summed E-state index contributed by atoms with van der Waals surface area (Å²) in [7, 11) is 1.35. The molecule has 2 aliphatic heterocycles. The van der Waals surface area contributed by atoms with Crippen LogP contribution in [0.15, 0.2) is 108 Å². The van der Waals surface area contributed by atoms with Gasteiger partial charge in [0.05, 0.1) is 4.92 Å². The molecule has 488 valence electrons. The number of aromatic nitrogens is 2. The van der Waals surface area contributed by atoms with Gasteiger partial charge in [-0.3, -0.25) is 58.5 Å². The third kappa shape index (κ3) is 17.1. The molecule has 0 bridgehead atoms. The van der Waals surface area contributed by atoms with E-state index in [0.29, 0.717) is 24.0 Å². The van der Waals surface area contributed by atoms with Gasteiger partial charge in [0.25, 0.3) is 5.91 Å². The number of benzene rings is 2. The number of pyridine rings is 1. The van der Waals surface area contributed by atoms with E-state index in [-0.39, 0.29) is 72.5 Å². The van der Waals surface area contributed by atoms with Gasteiger partial charge in [-0.2, -0.15) is 4.73 Å². The van der Waals surface area contributed by atoms with E-state index in [1.165, 1.54) is 49.4 Å². The summed E-state index contributed by atoms with van der Waals surface area (Å²) in [6.45, 7) is 9.67. The standard InChI is InChI=1S/C62H77ClN12O15S/c1-8-17-37-26-48-62(83)90-36(6)53(70-55(77)43(65-56(78)45-23-24-49(63)73(45)89-32-88-7)28-40-27-42(40)71-91-60-46(74(84)85)22-16-25-64-60)59(81)69-51(34(4)38-18-12-10-13-19-38)57(79)66-44(29-41-30-47(41)75(86)87)54(76)68-52(35(5)39-20-14-11-15-21-39)58(80)67-50(33(3)9-2)61(82)72(48)31-37/h8,10-25,33-37,40-44,47-48,50-53,71H,9,26-32H2,1-7H3,(H,65,78)(H,66,79)(H,67,80)(H,68,76)(H,69,81)(H,70,77)/b17-8-/t33-,34+,35+,36+,37-,40-,41+,42+,43-,44+,47+,48-,50-,51-,52-,53+/m0/s1. The second kappa shape index (κ2) is 31.0. The Hall–Kier alpha value is -8.47. The minimum absolute atomic E-state index is 0.00292. The topological polar surface area (TPSA) is 356 Å². The van der Waals surface area contributed by atoms with Crippen molar-refractivity contribution in [2.24, 2.45) is 23.7 Å². The number of cyclic esters (lactones) is 1. The molecule has 4 aromatic rings. The quantitative estimate of drug-likeness (QED) is 0.0134. The van der Waals surface area contributed by atoms with E-state index in [2.05, 4.69) is 41.6 Å². The molecule has 2 aliphatic carbocycles. The molecule has 0 unspecified atom stereocenters. The maximum absolute atomic E-state index is 15.5. The van der Waals surface area contributed by atoms with Crippen molar-refractivity contribution in [1.82, 2.24) is 51.2 Å². The van der Waals surface area contributed by atoms with E-state index >= 15 is 33.6 Å². The van der Waals surface area contributed by atoms with Crippen LogP contribution in [0.1, 0.15) is 114 Å². The minimum Gasteiger partial charge on any atom is -0.458 e. The van der Waals surface area contributed by atoms with Crippen molar-refractivity contribution in [1.29, 1.82) is 0 Å². The Kier molecular flexibility index (Phi) is 23.3. The van der Waals surface area contributed by atoms with E-state index in [9.17, 15) is 25.0 Å². The number of halogens is 1. The number of nitrogens with one attached hydrogen (secondary N) is 7. The summed E-state index contributed by atoms with van der Waals surface area (Å²) in [6.07, 6.45) is 3.89. The summed E-state index contributed by atoms with van der Waals surface area (Å²) in [4.78, 5) is 155. The first-order chi connectivity index (χ1) is 43.5. The molecular formula is C62H77ClN12O15S. The van der Waals surface area contributed by atoms with Crippen LogP contribution in [0, 0.1) is 43.9 Å². The number of carbonyl (C=O) groups excluding carboxylic acids is 8. The summed E-state index contributed by atoms with van der Waals surface area (Å²) in [6, 6.07) is 10.7. The minimum atomic E-state index is -1.90. The summed E-state index contributed by atoms with van der Waals surface area (Å²) < 4.78 is 15.4. The average molecular weight is 1300 g/mol. The Balaban J connectivity index is 1.20. The number of hydrogen-bond donors (Lipinski definition) is 7. The van der Waals surface area contributed by atoms with Gasteiger partial charge in [0, 0.05) is 61.1 Å². The molecule has 8 rings (SSSR count). The molecule has 7 N–H and O–H groups in total. The SMILES string of the molecule is C/C=C\[C@H]1C[C@H]2C(=O)O[C@H](C)[C@@H](NC(=O)[C@H](C[C@@H]3C[C@H]3NSc3ncccc3[N+](=O)[O-])NC(=O)c3ccc(Cl)n3OCOC)C(=O)N[C@@H]([C@H](C)c3ccccc3)C(=O)N[C@H](C[C@@H]3C[C@H]3[N+](=O)[O-])C(=O)N[C@@H]([C@H](C)c3ccccc3)C(=O)N[C@@H]([C@@H](C)CC)C(=O)N2C1. The Morgan fingerprint density at radius 3 is 2.08 bits per heavy atom. The van der Waals surface area contributed by atoms with Gasteiger partial charge in [0.15, 0.2) is 5.03 Å². The molecule has 16 atom stereocenters. The van der Waals surface area contributed by atoms with Gasteiger partial charge >= 0.3 is 11.7 Å². The largest absolute Gasteiger partial charge is 0.458 e. The molecule has 2 aromatic heterocycles. The second-order valence-electron chi connectivity index (χ2n) is 23.6. The molecule has 7 amide bonds. The van der Waals surface area contributed by atoms with Crippen LogP contribution in [0.3, 0.4) is 0 Å². The lowest BCUT2D eigenvalue weighted by atomic mass is 9.90. The van der Waals surface area contributed by atoms with E-state index < -0.39 is 141 Å². The van der Waals surface area contributed by atoms with Gasteiger partial charge in [0.2, 0.25) is 48.3 Å². The van der Waals surface area contributed by atoms with Gasteiger partial charge in [-0.15, -0.1) is 0 Å². The van der Waals surface area contributed by atoms with Gasteiger partial charge < -0.3 is 51.1 Å². The number of nitrogens with zero attached hydrogens (tertiary/aromatic N) is 5. The van der Waals surface area contributed by atoms with Crippen LogP contribution in [0.2, 0.25) is 5.15 Å². The predicted molar refractivity (Wildman–Crippen MR) is 332 cm³/mol. The Labute approximate surface area is 535 Å². The fourth-order valence-electron chi connectivity index (χ4n) is 11.6. The van der Waals surface area contributed by atoms with Crippen LogP contribution in [0.4, 0.5) is 5.69 Å². The van der Waals surface area contributed by atoms with E-state index in [0.717, 1.165) is 16.7 Å². The zero-order valence-corrected chi connectivity index (χ0v) is 52.9. The average Bonchev–Trinajstić information content (AvgIpc) is 1.79.